The van der Waals surface area contributed by atoms with Gasteiger partial charge >= 0.3 is 0 Å². The second-order valence-electron chi connectivity index (χ2n) is 9.86. The van der Waals surface area contributed by atoms with Gasteiger partial charge in [-0.15, -0.1) is 0 Å². The summed E-state index contributed by atoms with van der Waals surface area (Å²) in [6.07, 6.45) is 3.18. The molecule has 0 saturated heterocycles. The van der Waals surface area contributed by atoms with E-state index >= 15 is 0 Å². The van der Waals surface area contributed by atoms with Crippen molar-refractivity contribution in [2.24, 2.45) is 0 Å². The minimum atomic E-state index is -0.507. The molecule has 0 aliphatic heterocycles. The predicted octanol–water partition coefficient (Wildman–Crippen LogP) is 9.22. The molecule has 6 rings (SSSR count). The van der Waals surface area contributed by atoms with Crippen molar-refractivity contribution < 1.29 is 10.2 Å². The summed E-state index contributed by atoms with van der Waals surface area (Å²) in [7, 11) is 0. The predicted molar refractivity (Wildman–Crippen MR) is 167 cm³/mol. The van der Waals surface area contributed by atoms with Crippen molar-refractivity contribution in [3.05, 3.63) is 166 Å². The number of phenolic OH excluding ortho intramolecular Hbond substituents is 2. The molecule has 40 heavy (non-hydrogen) atoms. The molecule has 0 saturated carbocycles. The van der Waals surface area contributed by atoms with E-state index in [0.29, 0.717) is 0 Å². The van der Waals surface area contributed by atoms with Crippen LogP contribution in [0.1, 0.15) is 72.2 Å². The molecule has 0 fully saturated rings. The first-order valence-electron chi connectivity index (χ1n) is 14.4. The Labute approximate surface area is 239 Å². The SMILES string of the molecule is CC.CCc1ccc(CC)cc1.Oc1ccc(C2(c3ccc(O)cc3)c3ccccc3Cc3ccccc32)cc1. The van der Waals surface area contributed by atoms with Gasteiger partial charge in [0.1, 0.15) is 11.5 Å². The second-order valence-corrected chi connectivity index (χ2v) is 9.86. The third kappa shape index (κ3) is 5.67. The van der Waals surface area contributed by atoms with Crippen LogP contribution in [0.2, 0.25) is 0 Å². The Morgan fingerprint density at radius 3 is 1.20 bits per heavy atom. The Bertz CT molecular complexity index is 1380. The zero-order valence-electron chi connectivity index (χ0n) is 24.1. The van der Waals surface area contributed by atoms with Gasteiger partial charge in [0.2, 0.25) is 0 Å². The van der Waals surface area contributed by atoms with Crippen LogP contribution in [0.3, 0.4) is 0 Å². The number of benzene rings is 5. The average Bonchev–Trinajstić information content (AvgIpc) is 3.02. The Kier molecular flexibility index (Phi) is 9.45. The Morgan fingerprint density at radius 2 is 0.850 bits per heavy atom. The third-order valence-electron chi connectivity index (χ3n) is 7.66. The highest BCUT2D eigenvalue weighted by Crippen LogP contribution is 2.51. The highest BCUT2D eigenvalue weighted by molar-refractivity contribution is 5.67. The molecule has 2 N–H and O–H groups in total. The molecule has 0 unspecified atom stereocenters. The quantitative estimate of drug-likeness (QED) is 0.239. The zero-order valence-corrected chi connectivity index (χ0v) is 24.1. The fourth-order valence-corrected chi connectivity index (χ4v) is 5.65. The smallest absolute Gasteiger partial charge is 0.115 e. The summed E-state index contributed by atoms with van der Waals surface area (Å²) in [6, 6.07) is 41.0. The van der Waals surface area contributed by atoms with Crippen molar-refractivity contribution in [2.45, 2.75) is 52.4 Å². The van der Waals surface area contributed by atoms with Crippen molar-refractivity contribution in [3.8, 4) is 11.5 Å². The molecule has 0 atom stereocenters. The van der Waals surface area contributed by atoms with Gasteiger partial charge in [0.15, 0.2) is 0 Å². The minimum Gasteiger partial charge on any atom is -0.508 e. The average molecular weight is 529 g/mol. The van der Waals surface area contributed by atoms with Gasteiger partial charge in [-0.2, -0.15) is 0 Å². The fourth-order valence-electron chi connectivity index (χ4n) is 5.65. The maximum Gasteiger partial charge on any atom is 0.115 e. The Morgan fingerprint density at radius 1 is 0.500 bits per heavy atom. The first kappa shape index (κ1) is 28.7. The highest BCUT2D eigenvalue weighted by Gasteiger charge is 2.43. The maximum atomic E-state index is 9.90. The normalized spacial score (nSPS) is 12.5. The summed E-state index contributed by atoms with van der Waals surface area (Å²) >= 11 is 0. The number of aromatic hydroxyl groups is 2. The lowest BCUT2D eigenvalue weighted by Crippen LogP contribution is -2.36. The first-order chi connectivity index (χ1) is 19.6. The van der Waals surface area contributed by atoms with E-state index in [0.717, 1.165) is 30.4 Å². The number of hydrogen-bond donors (Lipinski definition) is 2. The first-order valence-corrected chi connectivity index (χ1v) is 14.4. The van der Waals surface area contributed by atoms with E-state index in [1.165, 1.54) is 33.4 Å². The lowest BCUT2D eigenvalue weighted by atomic mass is 9.60. The maximum absolute atomic E-state index is 9.90. The van der Waals surface area contributed by atoms with Crippen LogP contribution in [0.4, 0.5) is 0 Å². The lowest BCUT2D eigenvalue weighted by molar-refractivity contribution is 0.474. The molecule has 0 spiro atoms. The van der Waals surface area contributed by atoms with Crippen molar-refractivity contribution in [1.29, 1.82) is 0 Å². The molecule has 5 aromatic carbocycles. The molecule has 1 aliphatic rings. The molecule has 204 valence electrons. The third-order valence-corrected chi connectivity index (χ3v) is 7.66. The van der Waals surface area contributed by atoms with Gasteiger partial charge < -0.3 is 10.2 Å². The molecule has 5 aromatic rings. The summed E-state index contributed by atoms with van der Waals surface area (Å²) in [5, 5.41) is 19.8. The fraction of sp³-hybridized carbons (Fsp3) is 0.211. The van der Waals surface area contributed by atoms with Crippen LogP contribution >= 0.6 is 0 Å². The van der Waals surface area contributed by atoms with E-state index in [2.05, 4.69) is 86.6 Å². The molecular weight excluding hydrogens is 488 g/mol. The van der Waals surface area contributed by atoms with Crippen LogP contribution in [-0.4, -0.2) is 10.2 Å². The molecule has 0 heterocycles. The summed E-state index contributed by atoms with van der Waals surface area (Å²) in [6.45, 7) is 8.36. The summed E-state index contributed by atoms with van der Waals surface area (Å²) < 4.78 is 0. The summed E-state index contributed by atoms with van der Waals surface area (Å²) in [4.78, 5) is 0. The van der Waals surface area contributed by atoms with Gasteiger partial charge in [-0.3, -0.25) is 0 Å². The Balaban J connectivity index is 0.000000260. The van der Waals surface area contributed by atoms with Crippen molar-refractivity contribution >= 4 is 0 Å². The monoisotopic (exact) mass is 528 g/mol. The van der Waals surface area contributed by atoms with Gasteiger partial charge in [-0.25, -0.2) is 0 Å². The lowest BCUT2D eigenvalue weighted by Gasteiger charge is -2.42. The highest BCUT2D eigenvalue weighted by atomic mass is 16.3. The van der Waals surface area contributed by atoms with Crippen LogP contribution in [-0.2, 0) is 24.7 Å². The van der Waals surface area contributed by atoms with Crippen LogP contribution < -0.4 is 0 Å². The zero-order chi connectivity index (χ0) is 28.5. The number of phenols is 2. The van der Waals surface area contributed by atoms with E-state index in [1.54, 1.807) is 24.3 Å². The summed E-state index contributed by atoms with van der Waals surface area (Å²) in [5.41, 5.74) is 9.60. The van der Waals surface area contributed by atoms with Crippen LogP contribution in [0, 0.1) is 0 Å². The van der Waals surface area contributed by atoms with Crippen LogP contribution in [0.15, 0.2) is 121 Å². The largest absolute Gasteiger partial charge is 0.508 e. The standard InChI is InChI=1S/C26H20O2.C10H14.C2H6/c27-22-13-9-20(10-14-22)26(21-11-15-23(28)16-12-21)24-7-3-1-5-18(24)17-19-6-2-4-8-25(19)26;1-3-9-5-7-10(4-2)8-6-9;1-2/h1-16,27-28H,17H2;5-8H,3-4H2,1-2H3;1-2H3. The molecule has 2 nitrogen and oxygen atoms in total. The number of rotatable bonds is 4. The molecular formula is C38H40O2. The van der Waals surface area contributed by atoms with E-state index in [-0.39, 0.29) is 11.5 Å². The van der Waals surface area contributed by atoms with E-state index in [9.17, 15) is 10.2 Å². The van der Waals surface area contributed by atoms with Crippen LogP contribution in [0.5, 0.6) is 11.5 Å². The van der Waals surface area contributed by atoms with Crippen LogP contribution in [0.25, 0.3) is 0 Å². The number of hydrogen-bond acceptors (Lipinski definition) is 2. The molecule has 0 radical (unpaired) electrons. The summed E-state index contributed by atoms with van der Waals surface area (Å²) in [5.74, 6) is 0.504. The molecule has 1 aliphatic carbocycles. The topological polar surface area (TPSA) is 40.5 Å². The second kappa shape index (κ2) is 13.2. The van der Waals surface area contributed by atoms with Gasteiger partial charge in [-0.1, -0.05) is 125 Å². The van der Waals surface area contributed by atoms with Crippen molar-refractivity contribution in [3.63, 3.8) is 0 Å². The minimum absolute atomic E-state index is 0.252. The van der Waals surface area contributed by atoms with Crippen molar-refractivity contribution in [1.82, 2.24) is 0 Å². The van der Waals surface area contributed by atoms with Gasteiger partial charge in [0.25, 0.3) is 0 Å². The number of fused-ring (bicyclic) bond motifs is 2. The molecule has 0 aromatic heterocycles. The van der Waals surface area contributed by atoms with E-state index < -0.39 is 5.41 Å². The molecule has 0 bridgehead atoms. The van der Waals surface area contributed by atoms with Crippen molar-refractivity contribution in [2.75, 3.05) is 0 Å². The Hall–Kier alpha value is -4.30. The van der Waals surface area contributed by atoms with Gasteiger partial charge in [0, 0.05) is 0 Å². The molecule has 2 heteroatoms. The molecule has 0 amide bonds. The van der Waals surface area contributed by atoms with E-state index in [1.807, 2.05) is 38.1 Å². The number of aryl methyl sites for hydroxylation is 2. The van der Waals surface area contributed by atoms with Gasteiger partial charge in [0.05, 0.1) is 5.41 Å². The van der Waals surface area contributed by atoms with E-state index in [4.69, 9.17) is 0 Å². The van der Waals surface area contributed by atoms with Gasteiger partial charge in [-0.05, 0) is 88.0 Å².